The van der Waals surface area contributed by atoms with Crippen LogP contribution in [0.4, 0.5) is 37.7 Å². The first-order chi connectivity index (χ1) is 22.1. The van der Waals surface area contributed by atoms with Crippen LogP contribution in [0.15, 0.2) is 94.2 Å². The van der Waals surface area contributed by atoms with E-state index in [0.29, 0.717) is 24.3 Å². The molecule has 9 nitrogen and oxygen atoms in total. The number of pyridine rings is 1. The fourth-order valence-corrected chi connectivity index (χ4v) is 7.63. The highest BCUT2D eigenvalue weighted by molar-refractivity contribution is 7.93. The zero-order valence-corrected chi connectivity index (χ0v) is 27.0. The minimum absolute atomic E-state index is 0.0129. The highest BCUT2D eigenvalue weighted by atomic mass is 35.5. The van der Waals surface area contributed by atoms with Crippen LogP contribution in [-0.4, -0.2) is 27.7 Å². The highest BCUT2D eigenvalue weighted by Gasteiger charge is 2.43. The van der Waals surface area contributed by atoms with Crippen molar-refractivity contribution in [2.75, 3.05) is 10.0 Å². The first-order valence-corrected chi connectivity index (χ1v) is 16.6. The number of sulfonamides is 1. The number of carbonyl (C=O) groups excluding carboxylic acids is 1. The van der Waals surface area contributed by atoms with Crippen LogP contribution >= 0.6 is 23.2 Å². The Bertz CT molecular complexity index is 2160. The van der Waals surface area contributed by atoms with Crippen molar-refractivity contribution in [1.29, 1.82) is 0 Å². The maximum atomic E-state index is 14.3. The van der Waals surface area contributed by atoms with E-state index in [9.17, 15) is 48.0 Å². The van der Waals surface area contributed by atoms with E-state index in [1.54, 1.807) is 4.72 Å². The van der Waals surface area contributed by atoms with Crippen molar-refractivity contribution in [3.63, 3.8) is 0 Å². The number of nitrogens with one attached hydrogen (secondary N) is 2. The molecule has 0 fully saturated rings. The number of rotatable bonds is 9. The molecule has 48 heavy (non-hydrogen) atoms. The molecule has 2 N–H and O–H groups in total. The number of aromatic nitrogens is 1. The topological polar surface area (TPSA) is 132 Å². The predicted molar refractivity (Wildman–Crippen MR) is 163 cm³/mol. The molecule has 254 valence electrons. The number of hydrogen-bond donors (Lipinski definition) is 2. The van der Waals surface area contributed by atoms with Gasteiger partial charge in [0.05, 0.1) is 31.8 Å². The summed E-state index contributed by atoms with van der Waals surface area (Å²) in [5.74, 6) is -1.25. The summed E-state index contributed by atoms with van der Waals surface area (Å²) in [6.07, 6.45) is -8.58. The number of carbonyl (C=O) groups is 1. The molecule has 0 radical (unpaired) electrons. The van der Waals surface area contributed by atoms with Crippen LogP contribution in [0.2, 0.25) is 10.0 Å². The summed E-state index contributed by atoms with van der Waals surface area (Å²) in [5.41, 5.74) is -4.51. The van der Waals surface area contributed by atoms with Crippen LogP contribution in [0.25, 0.3) is 0 Å². The predicted octanol–water partition coefficient (Wildman–Crippen LogP) is 8.28. The Hall–Kier alpha value is -4.32. The molecule has 0 aliphatic carbocycles. The molecule has 0 aliphatic rings. The van der Waals surface area contributed by atoms with Crippen molar-refractivity contribution in [3.05, 3.63) is 106 Å². The molecule has 4 rings (SSSR count). The zero-order valence-electron chi connectivity index (χ0n) is 23.9. The van der Waals surface area contributed by atoms with E-state index in [4.69, 9.17) is 27.9 Å². The second-order valence-corrected chi connectivity index (χ2v) is 14.0. The van der Waals surface area contributed by atoms with Gasteiger partial charge >= 0.3 is 12.4 Å². The van der Waals surface area contributed by atoms with Crippen LogP contribution in [0.3, 0.4) is 0 Å². The largest absolute Gasteiger partial charge is 0.438 e. The summed E-state index contributed by atoms with van der Waals surface area (Å²) >= 11 is 11.3. The minimum atomic E-state index is -5.62. The van der Waals surface area contributed by atoms with Gasteiger partial charge < -0.3 is 10.1 Å². The lowest BCUT2D eigenvalue weighted by Crippen LogP contribution is -2.21. The van der Waals surface area contributed by atoms with E-state index >= 15 is 0 Å². The van der Waals surface area contributed by atoms with Crippen molar-refractivity contribution in [2.24, 2.45) is 0 Å². The summed E-state index contributed by atoms with van der Waals surface area (Å²) < 4.78 is 146. The molecule has 0 saturated carbocycles. The molecule has 0 atom stereocenters. The average Bonchev–Trinajstić information content (AvgIpc) is 2.97. The van der Waals surface area contributed by atoms with E-state index in [0.717, 1.165) is 12.1 Å². The van der Waals surface area contributed by atoms with E-state index in [1.165, 1.54) is 37.4 Å². The molecule has 0 saturated heterocycles. The van der Waals surface area contributed by atoms with Gasteiger partial charge in [-0.25, -0.2) is 21.8 Å². The summed E-state index contributed by atoms with van der Waals surface area (Å²) in [5, 5.41) is 0.315. The number of nitrogens with zero attached hydrogens (tertiary/aromatic N) is 1. The number of sulfone groups is 1. The summed E-state index contributed by atoms with van der Waals surface area (Å²) in [7, 11) is -10.7. The van der Waals surface area contributed by atoms with Gasteiger partial charge in [0, 0.05) is 18.0 Å². The normalized spacial score (nSPS) is 12.4. The van der Waals surface area contributed by atoms with Crippen molar-refractivity contribution in [2.45, 2.75) is 34.0 Å². The number of aryl methyl sites for hydroxylation is 1. The highest BCUT2D eigenvalue weighted by Crippen LogP contribution is 2.46. The van der Waals surface area contributed by atoms with Crippen molar-refractivity contribution in [3.8, 4) is 11.6 Å². The molecule has 1 amide bonds. The van der Waals surface area contributed by atoms with Gasteiger partial charge in [-0.2, -0.15) is 26.3 Å². The standard InChI is InChI=1S/C29H19Cl2F6N3O6S2/c1-3-24(41)39-16-5-4-6-17(12-16)46-27-23(11-15(2)14-38-27)48(44,45)40-22-10-9-21(31)25(29(35,36)37)26(22)47(42,43)18-7-8-20(30)19(13-18)28(32,33)34/h3-14,40H,1H2,2H3,(H,39,41). The number of anilines is 2. The van der Waals surface area contributed by atoms with Gasteiger partial charge in [0.15, 0.2) is 0 Å². The smallest absolute Gasteiger partial charge is 0.419 e. The van der Waals surface area contributed by atoms with Crippen LogP contribution in [-0.2, 0) is 37.0 Å². The van der Waals surface area contributed by atoms with Gasteiger partial charge in [-0.05, 0) is 67.1 Å². The molecular formula is C29H19Cl2F6N3O6S2. The van der Waals surface area contributed by atoms with Gasteiger partial charge in [-0.3, -0.25) is 9.52 Å². The lowest BCUT2D eigenvalue weighted by atomic mass is 10.2. The molecular weight excluding hydrogens is 735 g/mol. The first kappa shape index (κ1) is 36.5. The van der Waals surface area contributed by atoms with Crippen LogP contribution in [0.1, 0.15) is 16.7 Å². The van der Waals surface area contributed by atoms with Crippen molar-refractivity contribution >= 4 is 60.3 Å². The zero-order chi connectivity index (χ0) is 35.8. The quantitative estimate of drug-likeness (QED) is 0.130. The Kier molecular flexibility index (Phi) is 10.1. The molecule has 0 aliphatic heterocycles. The number of halogens is 8. The maximum Gasteiger partial charge on any atom is 0.419 e. The summed E-state index contributed by atoms with van der Waals surface area (Å²) in [6.45, 7) is 4.74. The SMILES string of the molecule is C=CC(=O)Nc1cccc(Oc2ncc(C)cc2S(=O)(=O)Nc2ccc(Cl)c(C(F)(F)F)c2S(=O)(=O)c2ccc(Cl)c(C(F)(F)F)c2)c1. The Balaban J connectivity index is 1.89. The van der Waals surface area contributed by atoms with Gasteiger partial charge in [0.2, 0.25) is 21.6 Å². The Morgan fingerprint density at radius 1 is 0.917 bits per heavy atom. The van der Waals surface area contributed by atoms with E-state index in [-0.39, 0.29) is 23.1 Å². The fraction of sp³-hybridized carbons (Fsp3) is 0.103. The van der Waals surface area contributed by atoms with Gasteiger partial charge in [-0.1, -0.05) is 35.8 Å². The Morgan fingerprint density at radius 2 is 1.58 bits per heavy atom. The molecule has 19 heteroatoms. The van der Waals surface area contributed by atoms with Crippen LogP contribution < -0.4 is 14.8 Å². The van der Waals surface area contributed by atoms with Crippen LogP contribution in [0, 0.1) is 6.92 Å². The lowest BCUT2D eigenvalue weighted by Gasteiger charge is -2.20. The summed E-state index contributed by atoms with van der Waals surface area (Å²) in [4.78, 5) is 11.8. The van der Waals surface area contributed by atoms with E-state index < -0.39 is 85.5 Å². The lowest BCUT2D eigenvalue weighted by molar-refractivity contribution is -0.140. The van der Waals surface area contributed by atoms with E-state index in [1.807, 2.05) is 0 Å². The third-order valence-electron chi connectivity index (χ3n) is 6.20. The third-order valence-corrected chi connectivity index (χ3v) is 10.0. The molecule has 3 aromatic carbocycles. The van der Waals surface area contributed by atoms with Crippen LogP contribution in [0.5, 0.6) is 11.6 Å². The molecule has 0 spiro atoms. The number of amides is 1. The second kappa shape index (κ2) is 13.3. The summed E-state index contributed by atoms with van der Waals surface area (Å²) in [6, 6.07) is 8.75. The van der Waals surface area contributed by atoms with Gasteiger partial charge in [0.25, 0.3) is 10.0 Å². The minimum Gasteiger partial charge on any atom is -0.438 e. The Morgan fingerprint density at radius 3 is 2.21 bits per heavy atom. The average molecular weight is 755 g/mol. The third kappa shape index (κ3) is 7.86. The fourth-order valence-electron chi connectivity index (χ4n) is 4.13. The van der Waals surface area contributed by atoms with Gasteiger partial charge in [0.1, 0.15) is 15.5 Å². The second-order valence-electron chi connectivity index (χ2n) is 9.68. The monoisotopic (exact) mass is 753 g/mol. The number of alkyl halides is 6. The number of benzene rings is 3. The molecule has 1 heterocycles. The van der Waals surface area contributed by atoms with Crippen molar-refractivity contribution in [1.82, 2.24) is 4.98 Å². The molecule has 0 bridgehead atoms. The maximum absolute atomic E-state index is 14.3. The molecule has 4 aromatic rings. The number of ether oxygens (including phenoxy) is 1. The van der Waals surface area contributed by atoms with E-state index in [2.05, 4.69) is 16.9 Å². The first-order valence-electron chi connectivity index (χ1n) is 12.9. The van der Waals surface area contributed by atoms with Crippen molar-refractivity contribution < 1.29 is 52.7 Å². The molecule has 1 aromatic heterocycles. The number of hydrogen-bond acceptors (Lipinski definition) is 7. The Labute approximate surface area is 279 Å². The van der Waals surface area contributed by atoms with Gasteiger partial charge in [-0.15, -0.1) is 0 Å². The molecule has 0 unspecified atom stereocenters.